The number of halogens is 4. The van der Waals surface area contributed by atoms with Crippen molar-refractivity contribution in [3.8, 4) is 23.0 Å². The number of hydrogen-bond acceptors (Lipinski definition) is 5. The smallest absolute Gasteiger partial charge is 0.467 e. The van der Waals surface area contributed by atoms with Crippen molar-refractivity contribution >= 4 is 29.0 Å². The van der Waals surface area contributed by atoms with E-state index in [1.54, 1.807) is 0 Å². The van der Waals surface area contributed by atoms with E-state index in [1.165, 1.54) is 19.2 Å². The van der Waals surface area contributed by atoms with Gasteiger partial charge in [-0.1, -0.05) is 53.5 Å². The first-order chi connectivity index (χ1) is 16.6. The Morgan fingerprint density at radius 3 is 2.14 bits per heavy atom. The predicted molar refractivity (Wildman–Crippen MR) is 134 cm³/mol. The van der Waals surface area contributed by atoms with Crippen LogP contribution in [0.5, 0.6) is 11.5 Å². The summed E-state index contributed by atoms with van der Waals surface area (Å²) in [5.74, 6) is 1.70. The van der Waals surface area contributed by atoms with Gasteiger partial charge in [0.2, 0.25) is 0 Å². The summed E-state index contributed by atoms with van der Waals surface area (Å²) >= 11 is 0. The molecule has 0 saturated heterocycles. The van der Waals surface area contributed by atoms with E-state index < -0.39 is 35.3 Å². The fourth-order valence-electron chi connectivity index (χ4n) is 4.27. The van der Waals surface area contributed by atoms with Crippen molar-refractivity contribution in [3.63, 3.8) is 0 Å². The molecule has 0 N–H and O–H groups in total. The second kappa shape index (κ2) is 11.4. The van der Waals surface area contributed by atoms with Crippen LogP contribution in [-0.2, 0) is 14.9 Å². The molecule has 2 rings (SSSR count). The van der Waals surface area contributed by atoms with Crippen LogP contribution in [0, 0.1) is 23.2 Å². The van der Waals surface area contributed by atoms with Crippen LogP contribution in [0.3, 0.4) is 0 Å². The number of benzene rings is 2. The van der Waals surface area contributed by atoms with E-state index in [0.29, 0.717) is 5.92 Å². The first-order valence-corrected chi connectivity index (χ1v) is 15.2. The third kappa shape index (κ3) is 6.52. The Morgan fingerprint density at radius 2 is 1.64 bits per heavy atom. The van der Waals surface area contributed by atoms with Crippen LogP contribution in [0.4, 0.5) is 17.6 Å². The molecular formula is C25H32F4O5SSi. The fraction of sp³-hybridized carbons (Fsp3) is 0.520. The van der Waals surface area contributed by atoms with Crippen LogP contribution in [0.2, 0.25) is 17.1 Å². The molecule has 0 bridgehead atoms. The van der Waals surface area contributed by atoms with Crippen molar-refractivity contribution in [2.75, 3.05) is 13.9 Å². The minimum atomic E-state index is -6.04. The maximum Gasteiger partial charge on any atom is 0.534 e. The van der Waals surface area contributed by atoms with E-state index in [1.807, 2.05) is 0 Å². The number of alkyl halides is 3. The van der Waals surface area contributed by atoms with E-state index in [9.17, 15) is 21.6 Å². The molecule has 200 valence electrons. The van der Waals surface area contributed by atoms with Crippen LogP contribution in [0.15, 0.2) is 24.3 Å². The molecule has 2 aromatic carbocycles. The molecule has 2 aromatic rings. The summed E-state index contributed by atoms with van der Waals surface area (Å²) in [6, 6.07) is 5.66. The maximum atomic E-state index is 15.1. The van der Waals surface area contributed by atoms with Crippen molar-refractivity contribution in [3.05, 3.63) is 35.6 Å². The van der Waals surface area contributed by atoms with Gasteiger partial charge in [0.15, 0.2) is 12.5 Å². The van der Waals surface area contributed by atoms with Gasteiger partial charge in [0.05, 0.1) is 5.56 Å². The normalized spacial score (nSPS) is 12.8. The van der Waals surface area contributed by atoms with Gasteiger partial charge in [-0.25, -0.2) is 4.39 Å². The lowest BCUT2D eigenvalue weighted by atomic mass is 10.0. The van der Waals surface area contributed by atoms with Crippen molar-refractivity contribution in [2.24, 2.45) is 5.92 Å². The lowest BCUT2D eigenvalue weighted by Gasteiger charge is -2.35. The molecule has 0 amide bonds. The largest absolute Gasteiger partial charge is 0.534 e. The molecule has 0 unspecified atom stereocenters. The molecule has 0 aliphatic carbocycles. The van der Waals surface area contributed by atoms with E-state index >= 15 is 4.39 Å². The Hall–Kier alpha value is -2.29. The number of rotatable bonds is 9. The highest BCUT2D eigenvalue weighted by molar-refractivity contribution is 7.88. The van der Waals surface area contributed by atoms with E-state index in [-0.39, 0.29) is 40.0 Å². The van der Waals surface area contributed by atoms with Gasteiger partial charge in [0, 0.05) is 18.6 Å². The SMILES string of the molecule is COCOc1cc(OS(=O)(=O)C(F)(F)F)c2c(C#C[Si](CC(C)C)(C(C)C)C(C)C)c(F)ccc2c1. The second-order valence-corrected chi connectivity index (χ2v) is 16.3. The maximum absolute atomic E-state index is 15.1. The fourth-order valence-corrected chi connectivity index (χ4v) is 9.40. The first-order valence-electron chi connectivity index (χ1n) is 11.5. The Morgan fingerprint density at radius 1 is 1.03 bits per heavy atom. The van der Waals surface area contributed by atoms with E-state index in [0.717, 1.165) is 18.2 Å². The zero-order valence-corrected chi connectivity index (χ0v) is 23.2. The van der Waals surface area contributed by atoms with Gasteiger partial charge in [-0.2, -0.15) is 21.6 Å². The Kier molecular flexibility index (Phi) is 9.48. The summed E-state index contributed by atoms with van der Waals surface area (Å²) < 4.78 is 92.9. The highest BCUT2D eigenvalue weighted by atomic mass is 32.2. The zero-order valence-electron chi connectivity index (χ0n) is 21.4. The molecule has 0 radical (unpaired) electrons. The zero-order chi connectivity index (χ0) is 27.5. The number of hydrogen-bond donors (Lipinski definition) is 0. The molecule has 0 atom stereocenters. The Labute approximate surface area is 211 Å². The summed E-state index contributed by atoms with van der Waals surface area (Å²) in [6.45, 7) is 12.2. The van der Waals surface area contributed by atoms with Crippen molar-refractivity contribution in [2.45, 2.75) is 64.2 Å². The average Bonchev–Trinajstić information content (AvgIpc) is 2.74. The Balaban J connectivity index is 2.89. The molecule has 11 heteroatoms. The van der Waals surface area contributed by atoms with Crippen LogP contribution in [0.1, 0.15) is 47.1 Å². The summed E-state index contributed by atoms with van der Waals surface area (Å²) in [5.41, 5.74) is -2.11. The summed E-state index contributed by atoms with van der Waals surface area (Å²) in [6.07, 6.45) is 0. The highest BCUT2D eigenvalue weighted by Gasteiger charge is 2.49. The molecule has 0 aliphatic heterocycles. The standard InChI is InChI=1S/C25H32F4O5SSi/c1-16(2)14-36(17(3)4,18(5)6)11-10-21-22(26)9-8-19-12-20(33-15-32-7)13-23(24(19)21)34-35(30,31)25(27,28)29/h8-9,12-13,16-18H,14-15H2,1-7H3. The summed E-state index contributed by atoms with van der Waals surface area (Å²) in [5, 5.41) is 0.0203. The van der Waals surface area contributed by atoms with Gasteiger partial charge in [-0.3, -0.25) is 0 Å². The second-order valence-electron chi connectivity index (χ2n) is 9.67. The molecule has 0 heterocycles. The van der Waals surface area contributed by atoms with Crippen LogP contribution >= 0.6 is 0 Å². The quantitative estimate of drug-likeness (QED) is 0.0843. The molecule has 0 spiro atoms. The Bertz CT molecular complexity index is 1240. The lowest BCUT2D eigenvalue weighted by molar-refractivity contribution is -0.0499. The number of fused-ring (bicyclic) bond motifs is 1. The summed E-state index contributed by atoms with van der Waals surface area (Å²) in [4.78, 5) is 0. The number of ether oxygens (including phenoxy) is 2. The van der Waals surface area contributed by atoms with E-state index in [4.69, 9.17) is 9.47 Å². The monoisotopic (exact) mass is 548 g/mol. The van der Waals surface area contributed by atoms with Gasteiger partial charge < -0.3 is 13.7 Å². The van der Waals surface area contributed by atoms with Gasteiger partial charge in [0.25, 0.3) is 0 Å². The van der Waals surface area contributed by atoms with Crippen LogP contribution in [0.25, 0.3) is 10.8 Å². The first kappa shape index (κ1) is 29.9. The van der Waals surface area contributed by atoms with Crippen molar-refractivity contribution in [1.82, 2.24) is 0 Å². The number of methoxy groups -OCH3 is 1. The summed E-state index contributed by atoms with van der Waals surface area (Å²) in [7, 11) is -7.04. The van der Waals surface area contributed by atoms with Gasteiger partial charge in [0.1, 0.15) is 19.6 Å². The topological polar surface area (TPSA) is 61.8 Å². The van der Waals surface area contributed by atoms with Crippen LogP contribution < -0.4 is 8.92 Å². The van der Waals surface area contributed by atoms with Gasteiger partial charge in [-0.05, 0) is 40.6 Å². The van der Waals surface area contributed by atoms with E-state index in [2.05, 4.69) is 57.2 Å². The molecule has 36 heavy (non-hydrogen) atoms. The average molecular weight is 549 g/mol. The molecular weight excluding hydrogens is 516 g/mol. The molecule has 0 aliphatic rings. The lowest BCUT2D eigenvalue weighted by Crippen LogP contribution is -2.41. The third-order valence-electron chi connectivity index (χ3n) is 6.06. The molecule has 0 fully saturated rings. The van der Waals surface area contributed by atoms with Crippen molar-refractivity contribution < 1.29 is 39.6 Å². The van der Waals surface area contributed by atoms with Crippen LogP contribution in [-0.4, -0.2) is 35.9 Å². The highest BCUT2D eigenvalue weighted by Crippen LogP contribution is 2.40. The molecule has 5 nitrogen and oxygen atoms in total. The van der Waals surface area contributed by atoms with Crippen molar-refractivity contribution in [1.29, 1.82) is 0 Å². The van der Waals surface area contributed by atoms with Gasteiger partial charge in [-0.15, -0.1) is 5.54 Å². The molecule has 0 saturated carbocycles. The minimum Gasteiger partial charge on any atom is -0.467 e. The third-order valence-corrected chi connectivity index (χ3v) is 13.2. The van der Waals surface area contributed by atoms with Gasteiger partial charge >= 0.3 is 15.6 Å². The minimum absolute atomic E-state index is 0.0184. The predicted octanol–water partition coefficient (Wildman–Crippen LogP) is 7.01. The molecule has 0 aromatic heterocycles.